The lowest BCUT2D eigenvalue weighted by Crippen LogP contribution is -2.52. The third-order valence-corrected chi connectivity index (χ3v) is 7.60. The quantitative estimate of drug-likeness (QED) is 0.0440. The fourth-order valence-corrected chi connectivity index (χ4v) is 5.14. The second-order valence-corrected chi connectivity index (χ2v) is 10.9. The van der Waals surface area contributed by atoms with E-state index in [1.54, 1.807) is 60.7 Å². The van der Waals surface area contributed by atoms with Crippen LogP contribution in [-0.4, -0.2) is 35.7 Å². The third-order valence-electron chi connectivity index (χ3n) is 7.35. The molecule has 1 aliphatic rings. The normalized spacial score (nSPS) is 17.2. The van der Waals surface area contributed by atoms with Crippen molar-refractivity contribution >= 4 is 35.2 Å². The van der Waals surface area contributed by atoms with E-state index in [2.05, 4.69) is 20.9 Å². The second kappa shape index (κ2) is 15.7. The molecular formula is C35H33ClN6O4. The van der Waals surface area contributed by atoms with Gasteiger partial charge in [-0.3, -0.25) is 10.2 Å². The summed E-state index contributed by atoms with van der Waals surface area (Å²) in [7, 11) is 0. The van der Waals surface area contributed by atoms with E-state index in [1.165, 1.54) is 0 Å². The molecule has 0 aliphatic carbocycles. The number of azide groups is 1. The molecule has 0 bridgehead atoms. The van der Waals surface area contributed by atoms with Crippen molar-refractivity contribution in [3.05, 3.63) is 147 Å². The van der Waals surface area contributed by atoms with Crippen molar-refractivity contribution < 1.29 is 19.4 Å². The van der Waals surface area contributed by atoms with Gasteiger partial charge in [-0.2, -0.15) is 0 Å². The summed E-state index contributed by atoms with van der Waals surface area (Å²) >= 11 is 6.03. The Kier molecular flexibility index (Phi) is 11.0. The van der Waals surface area contributed by atoms with E-state index >= 15 is 0 Å². The van der Waals surface area contributed by atoms with Crippen LogP contribution >= 0.6 is 11.6 Å². The van der Waals surface area contributed by atoms with Crippen molar-refractivity contribution in [1.82, 2.24) is 10.9 Å². The molecule has 0 saturated heterocycles. The predicted molar refractivity (Wildman–Crippen MR) is 179 cm³/mol. The van der Waals surface area contributed by atoms with E-state index in [0.717, 1.165) is 11.1 Å². The highest BCUT2D eigenvalue weighted by Gasteiger charge is 2.53. The molecule has 0 aromatic heterocycles. The molecule has 10 nitrogen and oxygen atoms in total. The molecule has 46 heavy (non-hydrogen) atoms. The number of halogens is 1. The van der Waals surface area contributed by atoms with Crippen LogP contribution in [0.5, 0.6) is 5.75 Å². The first kappa shape index (κ1) is 32.3. The maximum Gasteiger partial charge on any atom is 0.266 e. The van der Waals surface area contributed by atoms with E-state index in [9.17, 15) is 10.3 Å². The summed E-state index contributed by atoms with van der Waals surface area (Å²) in [5.41, 5.74) is 17.1. The van der Waals surface area contributed by atoms with Crippen LogP contribution in [0, 0.1) is 0 Å². The number of aliphatic hydroxyl groups excluding tert-OH is 1. The van der Waals surface area contributed by atoms with E-state index in [1.807, 2.05) is 54.6 Å². The number of hydrogen-bond acceptors (Lipinski definition) is 7. The van der Waals surface area contributed by atoms with Crippen molar-refractivity contribution in [2.24, 2.45) is 10.1 Å². The minimum absolute atomic E-state index is 0.0405. The molecule has 234 valence electrons. The van der Waals surface area contributed by atoms with Crippen LogP contribution in [0.4, 0.5) is 5.69 Å². The smallest absolute Gasteiger partial charge is 0.266 e. The number of benzene rings is 4. The standard InChI is InChI=1S/C35H33ClN6O4/c36-28-17-13-26(14-18-28)24-38-41-34(44)35(21-6-10-25-8-2-1-3-9-25)32(30-11-4-5-12-31(30)40-42-37)46-33(39-35)27-15-19-29(20-16-27)45-23-7-22-43/h1-6,8-20,32,38,43H,7,21-24H2,(H,41,44)/b10-6+/t32-,35-/m0/s1. The Morgan fingerprint density at radius 2 is 1.78 bits per heavy atom. The number of ether oxygens (including phenoxy) is 2. The largest absolute Gasteiger partial charge is 0.494 e. The van der Waals surface area contributed by atoms with Crippen LogP contribution < -0.4 is 15.6 Å². The maximum atomic E-state index is 14.3. The van der Waals surface area contributed by atoms with Crippen LogP contribution in [0.3, 0.4) is 0 Å². The average molecular weight is 637 g/mol. The highest BCUT2D eigenvalue weighted by molar-refractivity contribution is 6.30. The molecule has 4 aromatic carbocycles. The molecule has 0 unspecified atom stereocenters. The monoisotopic (exact) mass is 636 g/mol. The van der Waals surface area contributed by atoms with Crippen LogP contribution in [0.1, 0.15) is 41.2 Å². The van der Waals surface area contributed by atoms with Gasteiger partial charge < -0.3 is 14.6 Å². The van der Waals surface area contributed by atoms with Crippen LogP contribution in [0.2, 0.25) is 5.02 Å². The van der Waals surface area contributed by atoms with E-state index < -0.39 is 17.6 Å². The molecule has 1 heterocycles. The van der Waals surface area contributed by atoms with Crippen LogP contribution in [0.25, 0.3) is 16.5 Å². The van der Waals surface area contributed by atoms with Crippen molar-refractivity contribution in [3.8, 4) is 5.75 Å². The highest BCUT2D eigenvalue weighted by Crippen LogP contribution is 2.45. The fourth-order valence-electron chi connectivity index (χ4n) is 5.02. The van der Waals surface area contributed by atoms with Gasteiger partial charge in [-0.15, -0.1) is 0 Å². The van der Waals surface area contributed by atoms with Gasteiger partial charge in [-0.1, -0.05) is 95.6 Å². The maximum absolute atomic E-state index is 14.3. The first-order valence-electron chi connectivity index (χ1n) is 14.8. The summed E-state index contributed by atoms with van der Waals surface area (Å²) < 4.78 is 12.2. The first-order valence-corrected chi connectivity index (χ1v) is 15.1. The Hall–Kier alpha value is -5.12. The van der Waals surface area contributed by atoms with Gasteiger partial charge in [0.2, 0.25) is 5.90 Å². The average Bonchev–Trinajstić information content (AvgIpc) is 3.47. The van der Waals surface area contributed by atoms with E-state index in [0.29, 0.717) is 47.2 Å². The number of nitrogens with one attached hydrogen (secondary N) is 2. The van der Waals surface area contributed by atoms with E-state index in [4.69, 9.17) is 31.2 Å². The van der Waals surface area contributed by atoms with Gasteiger partial charge >= 0.3 is 0 Å². The van der Waals surface area contributed by atoms with Crippen LogP contribution in [-0.2, 0) is 16.1 Å². The Morgan fingerprint density at radius 1 is 1.04 bits per heavy atom. The first-order chi connectivity index (χ1) is 22.5. The van der Waals surface area contributed by atoms with Crippen molar-refractivity contribution in [2.45, 2.75) is 31.0 Å². The molecule has 1 amide bonds. The van der Waals surface area contributed by atoms with Crippen molar-refractivity contribution in [3.63, 3.8) is 0 Å². The van der Waals surface area contributed by atoms with Crippen molar-refractivity contribution in [2.75, 3.05) is 13.2 Å². The molecule has 0 radical (unpaired) electrons. The van der Waals surface area contributed by atoms with Gasteiger partial charge in [0.05, 0.1) is 6.61 Å². The second-order valence-electron chi connectivity index (χ2n) is 10.5. The highest BCUT2D eigenvalue weighted by atomic mass is 35.5. The number of hydrogen-bond donors (Lipinski definition) is 3. The summed E-state index contributed by atoms with van der Waals surface area (Å²) in [6.45, 7) is 0.762. The number of nitrogens with zero attached hydrogens (tertiary/aromatic N) is 4. The minimum atomic E-state index is -1.50. The number of carbonyl (C=O) groups excluding carboxylic acids is 1. The molecule has 11 heteroatoms. The fraction of sp³-hybridized carbons (Fsp3) is 0.200. The summed E-state index contributed by atoms with van der Waals surface area (Å²) in [6, 6.07) is 31.2. The third kappa shape index (κ3) is 7.93. The number of amides is 1. The molecule has 0 saturated carbocycles. The number of hydrazine groups is 1. The predicted octanol–water partition coefficient (Wildman–Crippen LogP) is 7.22. The van der Waals surface area contributed by atoms with Gasteiger partial charge in [-0.05, 0) is 53.1 Å². The number of carbonyl (C=O) groups is 1. The van der Waals surface area contributed by atoms with Gasteiger partial charge in [0.15, 0.2) is 11.6 Å². The number of rotatable bonds is 14. The lowest BCUT2D eigenvalue weighted by Gasteiger charge is -2.30. The lowest BCUT2D eigenvalue weighted by molar-refractivity contribution is -0.129. The molecule has 2 atom stereocenters. The zero-order chi connectivity index (χ0) is 32.2. The van der Waals surface area contributed by atoms with Gasteiger partial charge in [0, 0.05) is 52.7 Å². The van der Waals surface area contributed by atoms with Crippen molar-refractivity contribution in [1.29, 1.82) is 0 Å². The molecular weight excluding hydrogens is 604 g/mol. The number of aliphatic hydroxyl groups is 1. The molecule has 5 rings (SSSR count). The lowest BCUT2D eigenvalue weighted by atomic mass is 9.83. The molecule has 3 N–H and O–H groups in total. The molecule has 0 spiro atoms. The zero-order valence-corrected chi connectivity index (χ0v) is 25.7. The Bertz CT molecular complexity index is 1720. The topological polar surface area (TPSA) is 141 Å². The Morgan fingerprint density at radius 3 is 2.52 bits per heavy atom. The van der Waals surface area contributed by atoms with E-state index in [-0.39, 0.29) is 18.9 Å². The minimum Gasteiger partial charge on any atom is -0.494 e. The van der Waals surface area contributed by atoms with Crippen LogP contribution in [0.15, 0.2) is 119 Å². The summed E-state index contributed by atoms with van der Waals surface area (Å²) in [6.07, 6.45) is 3.56. The molecule has 4 aromatic rings. The van der Waals surface area contributed by atoms with Gasteiger partial charge in [0.25, 0.3) is 5.91 Å². The molecule has 0 fully saturated rings. The summed E-state index contributed by atoms with van der Waals surface area (Å²) in [5.74, 6) is 0.449. The Balaban J connectivity index is 1.53. The summed E-state index contributed by atoms with van der Waals surface area (Å²) in [4.78, 5) is 22.3. The molecule has 1 aliphatic heterocycles. The summed E-state index contributed by atoms with van der Waals surface area (Å²) in [5, 5.41) is 13.6. The Labute approximate surface area is 272 Å². The van der Waals surface area contributed by atoms with Gasteiger partial charge in [0.1, 0.15) is 5.75 Å². The van der Waals surface area contributed by atoms with Gasteiger partial charge in [-0.25, -0.2) is 10.4 Å². The SMILES string of the molecule is [N-]=[N+]=Nc1ccccc1[C@@H]1OC(c2ccc(OCCCO)cc2)=N[C@]1(C/C=C/c1ccccc1)C(=O)NNCc1ccc(Cl)cc1. The number of aliphatic imine (C=N–C) groups is 1. The zero-order valence-electron chi connectivity index (χ0n) is 24.9.